The molecule has 2 amide bonds. The Morgan fingerprint density at radius 2 is 2.00 bits per heavy atom. The summed E-state index contributed by atoms with van der Waals surface area (Å²) in [6, 6.07) is 7.32. The number of amides is 2. The number of rotatable bonds is 4. The van der Waals surface area contributed by atoms with E-state index in [0.29, 0.717) is 0 Å². The number of anilines is 2. The minimum atomic E-state index is -0.281. The van der Waals surface area contributed by atoms with Gasteiger partial charge in [0.15, 0.2) is 0 Å². The van der Waals surface area contributed by atoms with Crippen LogP contribution in [-0.2, 0) is 0 Å². The molecule has 1 aromatic rings. The predicted octanol–water partition coefficient (Wildman–Crippen LogP) is 2.18. The molecule has 0 aliphatic carbocycles. The molecule has 1 fully saturated rings. The van der Waals surface area contributed by atoms with E-state index < -0.39 is 0 Å². The van der Waals surface area contributed by atoms with Crippen molar-refractivity contribution >= 4 is 17.4 Å². The quantitative estimate of drug-likeness (QED) is 0.790. The molecule has 1 aliphatic heterocycles. The van der Waals surface area contributed by atoms with Crippen molar-refractivity contribution in [2.75, 3.05) is 29.9 Å². The molecule has 2 rings (SSSR count). The van der Waals surface area contributed by atoms with E-state index >= 15 is 0 Å². The number of nitrogens with one attached hydrogen (secondary N) is 2. The molecule has 110 valence electrons. The maximum absolute atomic E-state index is 11.9. The number of aliphatic hydroxyl groups is 1. The number of urea groups is 1. The first-order valence-corrected chi connectivity index (χ1v) is 7.23. The normalized spacial score (nSPS) is 16.6. The van der Waals surface area contributed by atoms with Gasteiger partial charge in [-0.1, -0.05) is 12.1 Å². The summed E-state index contributed by atoms with van der Waals surface area (Å²) in [5.74, 6) is 0. The summed E-state index contributed by atoms with van der Waals surface area (Å²) in [7, 11) is 0. The second-order valence-electron chi connectivity index (χ2n) is 5.25. The van der Waals surface area contributed by atoms with Gasteiger partial charge in [0.2, 0.25) is 0 Å². The largest absolute Gasteiger partial charge is 0.394 e. The molecule has 3 N–H and O–H groups in total. The van der Waals surface area contributed by atoms with E-state index in [9.17, 15) is 4.79 Å². The third kappa shape index (κ3) is 3.87. The molecule has 0 aromatic heterocycles. The van der Waals surface area contributed by atoms with Crippen LogP contribution in [0.15, 0.2) is 24.3 Å². The van der Waals surface area contributed by atoms with Gasteiger partial charge in [-0.05, 0) is 38.3 Å². The van der Waals surface area contributed by atoms with Gasteiger partial charge < -0.3 is 20.6 Å². The number of hydrogen-bond acceptors (Lipinski definition) is 3. The van der Waals surface area contributed by atoms with Crippen LogP contribution in [0.2, 0.25) is 0 Å². The number of carbonyl (C=O) groups is 1. The van der Waals surface area contributed by atoms with Crippen molar-refractivity contribution < 1.29 is 9.90 Å². The van der Waals surface area contributed by atoms with Crippen molar-refractivity contribution in [3.63, 3.8) is 0 Å². The smallest absolute Gasteiger partial charge is 0.319 e. The maximum Gasteiger partial charge on any atom is 0.319 e. The molecule has 1 aromatic carbocycles. The fourth-order valence-electron chi connectivity index (χ4n) is 2.42. The van der Waals surface area contributed by atoms with Crippen molar-refractivity contribution in [1.82, 2.24) is 5.32 Å². The fraction of sp³-hybridized carbons (Fsp3) is 0.533. The molecule has 0 radical (unpaired) electrons. The number of piperidine rings is 1. The number of nitrogens with zero attached hydrogens (tertiary/aromatic N) is 1. The van der Waals surface area contributed by atoms with Crippen LogP contribution in [0.25, 0.3) is 0 Å². The lowest BCUT2D eigenvalue weighted by molar-refractivity contribution is 0.229. The van der Waals surface area contributed by atoms with E-state index in [4.69, 9.17) is 5.11 Å². The molecule has 1 saturated heterocycles. The molecular formula is C15H23N3O2. The Balaban J connectivity index is 2.05. The lowest BCUT2D eigenvalue weighted by Crippen LogP contribution is -2.38. The molecule has 0 bridgehead atoms. The van der Waals surface area contributed by atoms with Crippen molar-refractivity contribution in [3.05, 3.63) is 24.3 Å². The number of para-hydroxylation sites is 2. The van der Waals surface area contributed by atoms with Crippen molar-refractivity contribution in [1.29, 1.82) is 0 Å². The van der Waals surface area contributed by atoms with Crippen LogP contribution in [0.5, 0.6) is 0 Å². The summed E-state index contributed by atoms with van der Waals surface area (Å²) >= 11 is 0. The maximum atomic E-state index is 11.9. The van der Waals surface area contributed by atoms with E-state index in [2.05, 4.69) is 15.5 Å². The van der Waals surface area contributed by atoms with Crippen LogP contribution >= 0.6 is 0 Å². The van der Waals surface area contributed by atoms with Crippen LogP contribution in [0.3, 0.4) is 0 Å². The highest BCUT2D eigenvalue weighted by atomic mass is 16.3. The molecule has 1 unspecified atom stereocenters. The van der Waals surface area contributed by atoms with Crippen LogP contribution in [-0.4, -0.2) is 36.9 Å². The average Bonchev–Trinajstić information content (AvgIpc) is 2.48. The summed E-state index contributed by atoms with van der Waals surface area (Å²) in [6.07, 6.45) is 3.67. The molecule has 1 aliphatic rings. The summed E-state index contributed by atoms with van der Waals surface area (Å²) in [5, 5.41) is 14.5. The first kappa shape index (κ1) is 14.7. The number of carbonyl (C=O) groups excluding carboxylic acids is 1. The van der Waals surface area contributed by atoms with Crippen LogP contribution < -0.4 is 15.5 Å². The Morgan fingerprint density at radius 1 is 1.30 bits per heavy atom. The predicted molar refractivity (Wildman–Crippen MR) is 81.2 cm³/mol. The lowest BCUT2D eigenvalue weighted by Gasteiger charge is -2.30. The highest BCUT2D eigenvalue weighted by Crippen LogP contribution is 2.28. The van der Waals surface area contributed by atoms with E-state index in [1.807, 2.05) is 24.3 Å². The Bertz CT molecular complexity index is 444. The van der Waals surface area contributed by atoms with Crippen molar-refractivity contribution in [2.24, 2.45) is 0 Å². The van der Waals surface area contributed by atoms with Gasteiger partial charge in [-0.3, -0.25) is 0 Å². The summed E-state index contributed by atoms with van der Waals surface area (Å²) in [4.78, 5) is 14.2. The first-order chi connectivity index (χ1) is 9.70. The molecule has 0 saturated carbocycles. The van der Waals surface area contributed by atoms with Crippen LogP contribution in [0.1, 0.15) is 26.2 Å². The van der Waals surface area contributed by atoms with Gasteiger partial charge in [-0.15, -0.1) is 0 Å². The molecular weight excluding hydrogens is 254 g/mol. The third-order valence-electron chi connectivity index (χ3n) is 3.50. The van der Waals surface area contributed by atoms with Gasteiger partial charge >= 0.3 is 6.03 Å². The number of aliphatic hydroxyl groups excluding tert-OH is 1. The monoisotopic (exact) mass is 277 g/mol. The minimum absolute atomic E-state index is 0.0683. The topological polar surface area (TPSA) is 64.6 Å². The van der Waals surface area contributed by atoms with E-state index in [-0.39, 0.29) is 18.7 Å². The highest BCUT2D eigenvalue weighted by Gasteiger charge is 2.15. The van der Waals surface area contributed by atoms with Gasteiger partial charge in [0, 0.05) is 13.1 Å². The number of benzene rings is 1. The summed E-state index contributed by atoms with van der Waals surface area (Å²) < 4.78 is 0. The van der Waals surface area contributed by atoms with Crippen molar-refractivity contribution in [2.45, 2.75) is 32.2 Å². The SMILES string of the molecule is CC(CO)NC(=O)Nc1ccccc1N1CCCCC1. The Hall–Kier alpha value is -1.75. The molecule has 5 heteroatoms. The molecule has 0 spiro atoms. The Kier molecular flexibility index (Phi) is 5.24. The second kappa shape index (κ2) is 7.14. The van der Waals surface area contributed by atoms with Crippen molar-refractivity contribution in [3.8, 4) is 0 Å². The standard InChI is InChI=1S/C15H23N3O2/c1-12(11-19)16-15(20)17-13-7-3-4-8-14(13)18-9-5-2-6-10-18/h3-4,7-8,12,19H,2,5-6,9-11H2,1H3,(H2,16,17,20). The van der Waals surface area contributed by atoms with Gasteiger partial charge in [-0.2, -0.15) is 0 Å². The third-order valence-corrected chi connectivity index (χ3v) is 3.50. The fourth-order valence-corrected chi connectivity index (χ4v) is 2.42. The Morgan fingerprint density at radius 3 is 2.70 bits per heavy atom. The van der Waals surface area contributed by atoms with Crippen LogP contribution in [0.4, 0.5) is 16.2 Å². The number of hydrogen-bond donors (Lipinski definition) is 3. The van der Waals surface area contributed by atoms with Crippen LogP contribution in [0, 0.1) is 0 Å². The second-order valence-corrected chi connectivity index (χ2v) is 5.25. The zero-order valence-electron chi connectivity index (χ0n) is 11.9. The Labute approximate surface area is 120 Å². The summed E-state index contributed by atoms with van der Waals surface area (Å²) in [5.41, 5.74) is 1.89. The minimum Gasteiger partial charge on any atom is -0.394 e. The molecule has 1 atom stereocenters. The van der Waals surface area contributed by atoms with E-state index in [1.165, 1.54) is 19.3 Å². The zero-order chi connectivity index (χ0) is 14.4. The average molecular weight is 277 g/mol. The van der Waals surface area contributed by atoms with E-state index in [0.717, 1.165) is 24.5 Å². The van der Waals surface area contributed by atoms with E-state index in [1.54, 1.807) is 6.92 Å². The zero-order valence-corrected chi connectivity index (χ0v) is 11.9. The van der Waals surface area contributed by atoms with Gasteiger partial charge in [-0.25, -0.2) is 4.79 Å². The molecule has 5 nitrogen and oxygen atoms in total. The van der Waals surface area contributed by atoms with Gasteiger partial charge in [0.1, 0.15) is 0 Å². The first-order valence-electron chi connectivity index (χ1n) is 7.23. The highest BCUT2D eigenvalue weighted by molar-refractivity contribution is 5.93. The summed E-state index contributed by atoms with van der Waals surface area (Å²) in [6.45, 7) is 3.76. The lowest BCUT2D eigenvalue weighted by atomic mass is 10.1. The van der Waals surface area contributed by atoms with Gasteiger partial charge in [0.25, 0.3) is 0 Å². The van der Waals surface area contributed by atoms with Gasteiger partial charge in [0.05, 0.1) is 24.0 Å². The molecule has 20 heavy (non-hydrogen) atoms. The molecule has 1 heterocycles.